The van der Waals surface area contributed by atoms with Gasteiger partial charge in [-0.1, -0.05) is 13.8 Å². The molecule has 0 aromatic carbocycles. The molecule has 0 aliphatic carbocycles. The van der Waals surface area contributed by atoms with E-state index in [2.05, 4.69) is 46.9 Å². The zero-order valence-electron chi connectivity index (χ0n) is 13.5. The fourth-order valence-corrected chi connectivity index (χ4v) is 4.06. The summed E-state index contributed by atoms with van der Waals surface area (Å²) in [5.41, 5.74) is -0.105. The molecule has 1 N–H and O–H groups in total. The molecule has 112 valence electrons. The van der Waals surface area contributed by atoms with Crippen LogP contribution in [0.2, 0.25) is 0 Å². The Kier molecular flexibility index (Phi) is 4.29. The van der Waals surface area contributed by atoms with E-state index in [0.29, 0.717) is 24.0 Å². The van der Waals surface area contributed by atoms with Crippen LogP contribution >= 0.6 is 0 Å². The van der Waals surface area contributed by atoms with Crippen molar-refractivity contribution >= 4 is 0 Å². The van der Waals surface area contributed by atoms with Gasteiger partial charge in [-0.15, -0.1) is 0 Å². The molecular formula is C16H31NO2. The number of hydrogen-bond acceptors (Lipinski definition) is 3. The quantitative estimate of drug-likeness (QED) is 0.851. The molecule has 0 aromatic heterocycles. The number of likely N-dealkylation sites (N-methyl/N-ethyl adjacent to an activating group) is 1. The standard InChI is InChI=1S/C16H31NO2/c1-7-17-13(14-11(2)8-9-18-14)12-10-15(3,4)19-16(12,5)6/h11-14,17H,7-10H2,1-6H3. The van der Waals surface area contributed by atoms with Crippen molar-refractivity contribution in [2.75, 3.05) is 13.2 Å². The van der Waals surface area contributed by atoms with Crippen molar-refractivity contribution in [1.29, 1.82) is 0 Å². The molecule has 0 amide bonds. The molecule has 0 aromatic rings. The lowest BCUT2D eigenvalue weighted by Crippen LogP contribution is -2.52. The first kappa shape index (κ1) is 15.3. The van der Waals surface area contributed by atoms with Gasteiger partial charge in [-0.3, -0.25) is 0 Å². The van der Waals surface area contributed by atoms with Gasteiger partial charge < -0.3 is 14.8 Å². The molecule has 0 radical (unpaired) electrons. The third kappa shape index (κ3) is 3.14. The van der Waals surface area contributed by atoms with E-state index in [9.17, 15) is 0 Å². The van der Waals surface area contributed by atoms with E-state index in [-0.39, 0.29) is 11.2 Å². The predicted molar refractivity (Wildman–Crippen MR) is 78.3 cm³/mol. The molecule has 0 bridgehead atoms. The highest BCUT2D eigenvalue weighted by atomic mass is 16.5. The molecular weight excluding hydrogens is 238 g/mol. The molecule has 19 heavy (non-hydrogen) atoms. The summed E-state index contributed by atoms with van der Waals surface area (Å²) < 4.78 is 12.3. The second-order valence-corrected chi connectivity index (χ2v) is 7.46. The normalized spacial score (nSPS) is 38.5. The van der Waals surface area contributed by atoms with Crippen molar-refractivity contribution in [2.24, 2.45) is 11.8 Å². The van der Waals surface area contributed by atoms with Crippen molar-refractivity contribution in [3.05, 3.63) is 0 Å². The maximum Gasteiger partial charge on any atom is 0.0758 e. The average molecular weight is 269 g/mol. The zero-order valence-corrected chi connectivity index (χ0v) is 13.5. The minimum atomic E-state index is -0.0813. The monoisotopic (exact) mass is 269 g/mol. The van der Waals surface area contributed by atoms with E-state index >= 15 is 0 Å². The van der Waals surface area contributed by atoms with Crippen LogP contribution in [0.1, 0.15) is 54.4 Å². The Morgan fingerprint density at radius 3 is 2.37 bits per heavy atom. The van der Waals surface area contributed by atoms with Gasteiger partial charge in [-0.05, 0) is 53.0 Å². The second kappa shape index (κ2) is 5.34. The zero-order chi connectivity index (χ0) is 14.3. The van der Waals surface area contributed by atoms with Crippen LogP contribution in [-0.4, -0.2) is 36.5 Å². The number of ether oxygens (including phenoxy) is 2. The third-order valence-electron chi connectivity index (χ3n) is 4.82. The molecule has 0 saturated carbocycles. The van der Waals surface area contributed by atoms with Gasteiger partial charge in [0, 0.05) is 18.6 Å². The third-order valence-corrected chi connectivity index (χ3v) is 4.82. The Hall–Kier alpha value is -0.120. The second-order valence-electron chi connectivity index (χ2n) is 7.46. The molecule has 2 aliphatic heterocycles. The molecule has 4 atom stereocenters. The summed E-state index contributed by atoms with van der Waals surface area (Å²) in [6.45, 7) is 15.3. The van der Waals surface area contributed by atoms with E-state index in [1.165, 1.54) is 6.42 Å². The van der Waals surface area contributed by atoms with Gasteiger partial charge in [0.25, 0.3) is 0 Å². The molecule has 3 nitrogen and oxygen atoms in total. The first-order valence-corrected chi connectivity index (χ1v) is 7.82. The predicted octanol–water partition coefficient (Wildman–Crippen LogP) is 2.98. The van der Waals surface area contributed by atoms with Crippen molar-refractivity contribution in [2.45, 2.75) is 77.7 Å². The highest BCUT2D eigenvalue weighted by Gasteiger charge is 2.51. The molecule has 2 fully saturated rings. The Bertz CT molecular complexity index is 314. The van der Waals surface area contributed by atoms with Crippen LogP contribution in [0.25, 0.3) is 0 Å². The lowest BCUT2D eigenvalue weighted by Gasteiger charge is -2.37. The highest BCUT2D eigenvalue weighted by molar-refractivity contribution is 5.03. The molecule has 0 spiro atoms. The summed E-state index contributed by atoms with van der Waals surface area (Å²) in [7, 11) is 0. The smallest absolute Gasteiger partial charge is 0.0758 e. The van der Waals surface area contributed by atoms with Gasteiger partial charge in [-0.25, -0.2) is 0 Å². The van der Waals surface area contributed by atoms with Gasteiger partial charge in [0.2, 0.25) is 0 Å². The minimum Gasteiger partial charge on any atom is -0.376 e. The first-order valence-electron chi connectivity index (χ1n) is 7.82. The molecule has 2 heterocycles. The van der Waals surface area contributed by atoms with Gasteiger partial charge in [0.05, 0.1) is 17.3 Å². The van der Waals surface area contributed by atoms with Gasteiger partial charge in [0.1, 0.15) is 0 Å². The average Bonchev–Trinajstić information content (AvgIpc) is 2.76. The lowest BCUT2D eigenvalue weighted by atomic mass is 9.77. The van der Waals surface area contributed by atoms with E-state index in [1.807, 2.05) is 0 Å². The van der Waals surface area contributed by atoms with Crippen molar-refractivity contribution in [3.63, 3.8) is 0 Å². The topological polar surface area (TPSA) is 30.5 Å². The summed E-state index contributed by atoms with van der Waals surface area (Å²) in [6.07, 6.45) is 2.62. The summed E-state index contributed by atoms with van der Waals surface area (Å²) >= 11 is 0. The highest BCUT2D eigenvalue weighted by Crippen LogP contribution is 2.45. The van der Waals surface area contributed by atoms with Crippen LogP contribution in [0.3, 0.4) is 0 Å². The Balaban J connectivity index is 2.19. The van der Waals surface area contributed by atoms with Crippen LogP contribution in [0.5, 0.6) is 0 Å². The summed E-state index contributed by atoms with van der Waals surface area (Å²) in [4.78, 5) is 0. The molecule has 2 rings (SSSR count). The maximum absolute atomic E-state index is 6.28. The van der Waals surface area contributed by atoms with Gasteiger partial charge in [0.15, 0.2) is 0 Å². The summed E-state index contributed by atoms with van der Waals surface area (Å²) in [5, 5.41) is 3.69. The van der Waals surface area contributed by atoms with Crippen LogP contribution < -0.4 is 5.32 Å². The number of rotatable bonds is 4. The lowest BCUT2D eigenvalue weighted by molar-refractivity contribution is -0.0845. The van der Waals surface area contributed by atoms with Crippen LogP contribution in [-0.2, 0) is 9.47 Å². The first-order chi connectivity index (χ1) is 8.77. The Labute approximate surface area is 118 Å². The maximum atomic E-state index is 6.28. The van der Waals surface area contributed by atoms with Crippen molar-refractivity contribution < 1.29 is 9.47 Å². The fraction of sp³-hybridized carbons (Fsp3) is 1.00. The Morgan fingerprint density at radius 2 is 1.95 bits per heavy atom. The van der Waals surface area contributed by atoms with E-state index in [0.717, 1.165) is 19.6 Å². The van der Waals surface area contributed by atoms with E-state index in [4.69, 9.17) is 9.47 Å². The summed E-state index contributed by atoms with van der Waals surface area (Å²) in [5.74, 6) is 1.15. The fourth-order valence-electron chi connectivity index (χ4n) is 4.06. The molecule has 3 heteroatoms. The van der Waals surface area contributed by atoms with E-state index < -0.39 is 0 Å². The van der Waals surface area contributed by atoms with Crippen LogP contribution in [0, 0.1) is 11.8 Å². The number of nitrogens with one attached hydrogen (secondary N) is 1. The number of hydrogen-bond donors (Lipinski definition) is 1. The minimum absolute atomic E-state index is 0.0241. The van der Waals surface area contributed by atoms with Crippen LogP contribution in [0.15, 0.2) is 0 Å². The van der Waals surface area contributed by atoms with E-state index in [1.54, 1.807) is 0 Å². The van der Waals surface area contributed by atoms with Crippen molar-refractivity contribution in [1.82, 2.24) is 5.32 Å². The van der Waals surface area contributed by atoms with Gasteiger partial charge >= 0.3 is 0 Å². The SMILES string of the molecule is CCNC(C1OCCC1C)C1CC(C)(C)OC1(C)C. The molecule has 2 saturated heterocycles. The molecule has 2 aliphatic rings. The molecule has 4 unspecified atom stereocenters. The van der Waals surface area contributed by atoms with Gasteiger partial charge in [-0.2, -0.15) is 0 Å². The van der Waals surface area contributed by atoms with Crippen LogP contribution in [0.4, 0.5) is 0 Å². The van der Waals surface area contributed by atoms with Crippen molar-refractivity contribution in [3.8, 4) is 0 Å². The summed E-state index contributed by atoms with van der Waals surface area (Å²) in [6, 6.07) is 0.402. The largest absolute Gasteiger partial charge is 0.376 e. The Morgan fingerprint density at radius 1 is 1.26 bits per heavy atom.